The van der Waals surface area contributed by atoms with Gasteiger partial charge in [0.1, 0.15) is 6.54 Å². The highest BCUT2D eigenvalue weighted by molar-refractivity contribution is 7.89. The molecule has 0 radical (unpaired) electrons. The lowest BCUT2D eigenvalue weighted by Crippen LogP contribution is -2.47. The average Bonchev–Trinajstić information content (AvgIpc) is 3.48. The zero-order chi connectivity index (χ0) is 19.0. The van der Waals surface area contributed by atoms with Crippen LogP contribution in [0.1, 0.15) is 40.4 Å². The number of nitrogens with zero attached hydrogens (tertiary/aromatic N) is 1. The van der Waals surface area contributed by atoms with Gasteiger partial charge in [0.05, 0.1) is 11.8 Å². The van der Waals surface area contributed by atoms with Gasteiger partial charge in [-0.1, -0.05) is 48.5 Å². The van der Waals surface area contributed by atoms with Gasteiger partial charge >= 0.3 is 0 Å². The SMILES string of the molecule is O=C(CN1C(=O)c2ccccc2CS1(=O)=O)NC(c1ccccc1)C1CC1. The molecule has 2 aromatic rings. The van der Waals surface area contributed by atoms with Gasteiger partial charge in [-0.2, -0.15) is 0 Å². The van der Waals surface area contributed by atoms with Crippen molar-refractivity contribution in [2.24, 2.45) is 5.92 Å². The minimum atomic E-state index is -3.86. The van der Waals surface area contributed by atoms with E-state index in [-0.39, 0.29) is 11.8 Å². The number of fused-ring (bicyclic) bond motifs is 1. The summed E-state index contributed by atoms with van der Waals surface area (Å²) in [5.74, 6) is -1.03. The highest BCUT2D eigenvalue weighted by atomic mass is 32.2. The van der Waals surface area contributed by atoms with Crippen molar-refractivity contribution in [1.82, 2.24) is 9.62 Å². The molecule has 0 saturated heterocycles. The van der Waals surface area contributed by atoms with Gasteiger partial charge < -0.3 is 5.32 Å². The molecular weight excluding hydrogens is 364 g/mol. The van der Waals surface area contributed by atoms with Gasteiger partial charge in [-0.3, -0.25) is 9.59 Å². The van der Waals surface area contributed by atoms with Gasteiger partial charge in [0, 0.05) is 5.56 Å². The van der Waals surface area contributed by atoms with Gasteiger partial charge in [-0.25, -0.2) is 12.7 Å². The lowest BCUT2D eigenvalue weighted by molar-refractivity contribution is -0.122. The first kappa shape index (κ1) is 17.7. The molecule has 0 spiro atoms. The largest absolute Gasteiger partial charge is 0.347 e. The molecule has 2 aromatic carbocycles. The molecule has 0 aromatic heterocycles. The molecule has 1 unspecified atom stereocenters. The predicted octanol–water partition coefficient (Wildman–Crippen LogP) is 2.24. The van der Waals surface area contributed by atoms with Crippen LogP contribution in [-0.2, 0) is 20.6 Å². The quantitative estimate of drug-likeness (QED) is 0.857. The third kappa shape index (κ3) is 3.60. The van der Waals surface area contributed by atoms with Gasteiger partial charge in [-0.05, 0) is 36.0 Å². The molecule has 1 atom stereocenters. The highest BCUT2D eigenvalue weighted by Crippen LogP contribution is 2.41. The van der Waals surface area contributed by atoms with Gasteiger partial charge in [-0.15, -0.1) is 0 Å². The summed E-state index contributed by atoms with van der Waals surface area (Å²) < 4.78 is 25.7. The fourth-order valence-electron chi connectivity index (χ4n) is 3.47. The zero-order valence-electron chi connectivity index (χ0n) is 14.7. The normalized spacial score (nSPS) is 19.3. The average molecular weight is 384 g/mol. The first-order valence-corrected chi connectivity index (χ1v) is 10.5. The van der Waals surface area contributed by atoms with Crippen LogP contribution in [0.2, 0.25) is 0 Å². The Morgan fingerprint density at radius 2 is 1.74 bits per heavy atom. The molecule has 1 N–H and O–H groups in total. The van der Waals surface area contributed by atoms with E-state index in [4.69, 9.17) is 0 Å². The maximum atomic E-state index is 12.6. The van der Waals surface area contributed by atoms with Crippen LogP contribution in [0.3, 0.4) is 0 Å². The van der Waals surface area contributed by atoms with Crippen molar-refractivity contribution in [3.63, 3.8) is 0 Å². The third-order valence-corrected chi connectivity index (χ3v) is 6.65. The number of hydrogen-bond acceptors (Lipinski definition) is 4. The summed E-state index contributed by atoms with van der Waals surface area (Å²) in [6.45, 7) is -0.494. The minimum absolute atomic E-state index is 0.159. The predicted molar refractivity (Wildman–Crippen MR) is 100 cm³/mol. The van der Waals surface area contributed by atoms with Crippen LogP contribution in [0, 0.1) is 5.92 Å². The molecule has 2 amide bonds. The number of amides is 2. The Morgan fingerprint density at radius 3 is 2.44 bits per heavy atom. The van der Waals surface area contributed by atoms with E-state index in [1.165, 1.54) is 0 Å². The molecular formula is C20H20N2O4S. The van der Waals surface area contributed by atoms with Crippen molar-refractivity contribution in [3.8, 4) is 0 Å². The number of benzene rings is 2. The van der Waals surface area contributed by atoms with Crippen molar-refractivity contribution in [3.05, 3.63) is 71.3 Å². The van der Waals surface area contributed by atoms with Crippen LogP contribution in [-0.4, -0.2) is 31.1 Å². The smallest absolute Gasteiger partial charge is 0.268 e. The molecule has 2 aliphatic rings. The van der Waals surface area contributed by atoms with E-state index in [0.29, 0.717) is 21.4 Å². The van der Waals surface area contributed by atoms with E-state index >= 15 is 0 Å². The van der Waals surface area contributed by atoms with Crippen LogP contribution in [0.15, 0.2) is 54.6 Å². The Labute approximate surface area is 158 Å². The van der Waals surface area contributed by atoms with Crippen LogP contribution in [0.5, 0.6) is 0 Å². The Morgan fingerprint density at radius 1 is 1.07 bits per heavy atom. The van der Waals surface area contributed by atoms with Crippen molar-refractivity contribution in [1.29, 1.82) is 0 Å². The third-order valence-electron chi connectivity index (χ3n) is 5.00. The molecule has 1 aliphatic heterocycles. The van der Waals surface area contributed by atoms with Gasteiger partial charge in [0.15, 0.2) is 0 Å². The molecule has 1 fully saturated rings. The van der Waals surface area contributed by atoms with E-state index in [1.54, 1.807) is 24.3 Å². The van der Waals surface area contributed by atoms with Crippen molar-refractivity contribution >= 4 is 21.8 Å². The van der Waals surface area contributed by atoms with E-state index in [1.807, 2.05) is 30.3 Å². The lowest BCUT2D eigenvalue weighted by atomic mass is 10.0. The zero-order valence-corrected chi connectivity index (χ0v) is 15.5. The number of nitrogens with one attached hydrogen (secondary N) is 1. The van der Waals surface area contributed by atoms with Crippen LogP contribution < -0.4 is 5.32 Å². The molecule has 7 heteroatoms. The molecule has 27 heavy (non-hydrogen) atoms. The first-order valence-electron chi connectivity index (χ1n) is 8.92. The maximum absolute atomic E-state index is 12.6. The monoisotopic (exact) mass is 384 g/mol. The van der Waals surface area contributed by atoms with Gasteiger partial charge in [0.2, 0.25) is 15.9 Å². The summed E-state index contributed by atoms with van der Waals surface area (Å²) in [6.07, 6.45) is 2.04. The molecule has 1 heterocycles. The van der Waals surface area contributed by atoms with Gasteiger partial charge in [0.25, 0.3) is 5.91 Å². The van der Waals surface area contributed by atoms with Crippen LogP contribution in [0.25, 0.3) is 0 Å². The fourth-order valence-corrected chi connectivity index (χ4v) is 4.94. The summed E-state index contributed by atoms with van der Waals surface area (Å²) >= 11 is 0. The Balaban J connectivity index is 1.53. The highest BCUT2D eigenvalue weighted by Gasteiger charge is 2.38. The second-order valence-electron chi connectivity index (χ2n) is 7.02. The topological polar surface area (TPSA) is 83.6 Å². The number of carbonyl (C=O) groups excluding carboxylic acids is 2. The van der Waals surface area contributed by atoms with E-state index in [2.05, 4.69) is 5.32 Å². The molecule has 6 nitrogen and oxygen atoms in total. The summed E-state index contributed by atoms with van der Waals surface area (Å²) in [5.41, 5.74) is 1.80. The summed E-state index contributed by atoms with van der Waals surface area (Å²) in [7, 11) is -3.86. The Hall–Kier alpha value is -2.67. The van der Waals surface area contributed by atoms with Crippen molar-refractivity contribution < 1.29 is 18.0 Å². The second kappa shape index (κ2) is 6.81. The molecule has 1 saturated carbocycles. The maximum Gasteiger partial charge on any atom is 0.268 e. The number of hydrogen-bond donors (Lipinski definition) is 1. The Kier molecular flexibility index (Phi) is 4.47. The number of rotatable bonds is 5. The van der Waals surface area contributed by atoms with Crippen LogP contribution >= 0.6 is 0 Å². The fraction of sp³-hybridized carbons (Fsp3) is 0.300. The first-order chi connectivity index (χ1) is 13.0. The van der Waals surface area contributed by atoms with E-state index < -0.39 is 28.4 Å². The standard InChI is InChI=1S/C20H20N2O4S/c23-18(21-19(15-10-11-15)14-6-2-1-3-7-14)12-22-20(24)17-9-5-4-8-16(17)13-27(22,25)26/h1-9,15,19H,10-13H2,(H,21,23). The second-order valence-corrected chi connectivity index (χ2v) is 8.91. The molecule has 1 aliphatic carbocycles. The van der Waals surface area contributed by atoms with E-state index in [9.17, 15) is 18.0 Å². The Bertz CT molecular complexity index is 984. The summed E-state index contributed by atoms with van der Waals surface area (Å²) in [6, 6.07) is 16.1. The van der Waals surface area contributed by atoms with Crippen molar-refractivity contribution in [2.75, 3.05) is 6.54 Å². The van der Waals surface area contributed by atoms with E-state index in [0.717, 1.165) is 18.4 Å². The summed E-state index contributed by atoms with van der Waals surface area (Å²) in [4.78, 5) is 25.2. The molecule has 0 bridgehead atoms. The number of carbonyl (C=O) groups is 2. The molecule has 4 rings (SSSR count). The van der Waals surface area contributed by atoms with Crippen molar-refractivity contribution in [2.45, 2.75) is 24.6 Å². The van der Waals surface area contributed by atoms with Crippen LogP contribution in [0.4, 0.5) is 0 Å². The minimum Gasteiger partial charge on any atom is -0.347 e. The lowest BCUT2D eigenvalue weighted by Gasteiger charge is -2.28. The summed E-state index contributed by atoms with van der Waals surface area (Å²) in [5, 5.41) is 2.93. The molecule has 140 valence electrons. The number of sulfonamides is 1.